The summed E-state index contributed by atoms with van der Waals surface area (Å²) in [5.41, 5.74) is 1.72. The normalized spacial score (nSPS) is 23.0. The number of hydrogen-bond donors (Lipinski definition) is 1. The highest BCUT2D eigenvalue weighted by Crippen LogP contribution is 2.38. The van der Waals surface area contributed by atoms with Crippen LogP contribution < -0.4 is 0 Å². The Hall–Kier alpha value is -1.74. The largest absolute Gasteiger partial charge is 0.496 e. The molecule has 1 unspecified atom stereocenters. The van der Waals surface area contributed by atoms with Gasteiger partial charge in [-0.1, -0.05) is 30.3 Å². The number of halogens is 1. The summed E-state index contributed by atoms with van der Waals surface area (Å²) in [5.74, 6) is -0.400. The first-order valence-corrected chi connectivity index (χ1v) is 5.89. The maximum Gasteiger partial charge on any atom is 0.329 e. The standard InChI is InChI=1S/C14H13ClO3/c1-18-12-7-8-14(15,13(16)17)9-11(12)10-5-3-2-4-6-10/h2-8H,9H2,1H3,(H,16,17). The van der Waals surface area contributed by atoms with Gasteiger partial charge >= 0.3 is 5.97 Å². The fraction of sp³-hybridized carbons (Fsp3) is 0.214. The Morgan fingerprint density at radius 2 is 2.06 bits per heavy atom. The maximum absolute atomic E-state index is 11.2. The molecule has 0 saturated carbocycles. The highest BCUT2D eigenvalue weighted by Gasteiger charge is 2.38. The van der Waals surface area contributed by atoms with Crippen molar-refractivity contribution < 1.29 is 14.6 Å². The van der Waals surface area contributed by atoms with Crippen LogP contribution >= 0.6 is 11.6 Å². The van der Waals surface area contributed by atoms with Crippen LogP contribution in [-0.4, -0.2) is 23.1 Å². The zero-order valence-electron chi connectivity index (χ0n) is 9.89. The Balaban J connectivity index is 2.45. The van der Waals surface area contributed by atoms with Gasteiger partial charge in [0, 0.05) is 12.0 Å². The molecule has 1 aromatic rings. The third-order valence-electron chi connectivity index (χ3n) is 2.93. The van der Waals surface area contributed by atoms with Gasteiger partial charge in [0.1, 0.15) is 5.76 Å². The molecule has 1 aliphatic rings. The first kappa shape index (κ1) is 12.7. The molecule has 1 atom stereocenters. The Kier molecular flexibility index (Phi) is 3.43. The van der Waals surface area contributed by atoms with Crippen LogP contribution in [0.15, 0.2) is 48.2 Å². The number of methoxy groups -OCH3 is 1. The molecule has 0 aliphatic heterocycles. The summed E-state index contributed by atoms with van der Waals surface area (Å²) in [6, 6.07) is 9.51. The van der Waals surface area contributed by atoms with Gasteiger partial charge in [-0.25, -0.2) is 4.79 Å². The van der Waals surface area contributed by atoms with Crippen molar-refractivity contribution >= 4 is 23.1 Å². The lowest BCUT2D eigenvalue weighted by atomic mass is 9.88. The third-order valence-corrected chi connectivity index (χ3v) is 3.35. The Labute approximate surface area is 110 Å². The highest BCUT2D eigenvalue weighted by molar-refractivity contribution is 6.36. The summed E-state index contributed by atoms with van der Waals surface area (Å²) in [7, 11) is 1.56. The van der Waals surface area contributed by atoms with Gasteiger partial charge in [0.05, 0.1) is 7.11 Å². The molecule has 0 fully saturated rings. The second-order valence-electron chi connectivity index (χ2n) is 4.09. The minimum Gasteiger partial charge on any atom is -0.496 e. The molecule has 0 spiro atoms. The van der Waals surface area contributed by atoms with Crippen molar-refractivity contribution in [3.05, 3.63) is 53.8 Å². The highest BCUT2D eigenvalue weighted by atomic mass is 35.5. The average molecular weight is 265 g/mol. The summed E-state index contributed by atoms with van der Waals surface area (Å²) in [6.45, 7) is 0. The van der Waals surface area contributed by atoms with E-state index in [-0.39, 0.29) is 6.42 Å². The van der Waals surface area contributed by atoms with Gasteiger partial charge in [0.2, 0.25) is 0 Å². The lowest BCUT2D eigenvalue weighted by molar-refractivity contribution is -0.138. The predicted octanol–water partition coefficient (Wildman–Crippen LogP) is 3.07. The molecule has 2 rings (SSSR count). The van der Waals surface area contributed by atoms with Crippen LogP contribution in [0.5, 0.6) is 0 Å². The van der Waals surface area contributed by atoms with E-state index in [4.69, 9.17) is 16.3 Å². The Bertz CT molecular complexity index is 519. The number of benzene rings is 1. The number of ether oxygens (including phenoxy) is 1. The molecular formula is C14H13ClO3. The topological polar surface area (TPSA) is 46.5 Å². The minimum absolute atomic E-state index is 0.202. The summed E-state index contributed by atoms with van der Waals surface area (Å²) in [4.78, 5) is 9.81. The molecule has 18 heavy (non-hydrogen) atoms. The van der Waals surface area contributed by atoms with Crippen molar-refractivity contribution in [3.63, 3.8) is 0 Å². The quantitative estimate of drug-likeness (QED) is 0.854. The fourth-order valence-electron chi connectivity index (χ4n) is 1.93. The second-order valence-corrected chi connectivity index (χ2v) is 4.77. The van der Waals surface area contributed by atoms with Gasteiger partial charge in [-0.05, 0) is 17.7 Å². The molecule has 94 valence electrons. The van der Waals surface area contributed by atoms with Crippen molar-refractivity contribution in [2.75, 3.05) is 7.11 Å². The number of hydrogen-bond acceptors (Lipinski definition) is 2. The van der Waals surface area contributed by atoms with E-state index in [2.05, 4.69) is 0 Å². The molecular weight excluding hydrogens is 252 g/mol. The van der Waals surface area contributed by atoms with Crippen LogP contribution in [-0.2, 0) is 9.53 Å². The average Bonchev–Trinajstić information content (AvgIpc) is 2.39. The molecule has 1 aromatic carbocycles. The number of allylic oxidation sites excluding steroid dienone is 2. The number of carbonyl (C=O) groups is 1. The van der Waals surface area contributed by atoms with Gasteiger partial charge in [-0.15, -0.1) is 11.6 Å². The summed E-state index contributed by atoms with van der Waals surface area (Å²) >= 11 is 6.10. The lowest BCUT2D eigenvalue weighted by Crippen LogP contribution is -2.32. The van der Waals surface area contributed by atoms with E-state index in [0.717, 1.165) is 11.1 Å². The van der Waals surface area contributed by atoms with E-state index in [1.54, 1.807) is 13.2 Å². The van der Waals surface area contributed by atoms with E-state index in [0.29, 0.717) is 5.76 Å². The van der Waals surface area contributed by atoms with Crippen LogP contribution in [0, 0.1) is 0 Å². The Morgan fingerprint density at radius 1 is 1.39 bits per heavy atom. The Morgan fingerprint density at radius 3 is 2.61 bits per heavy atom. The van der Waals surface area contributed by atoms with Gasteiger partial charge in [0.25, 0.3) is 0 Å². The van der Waals surface area contributed by atoms with E-state index >= 15 is 0 Å². The van der Waals surface area contributed by atoms with E-state index < -0.39 is 10.8 Å². The third kappa shape index (κ3) is 2.27. The fourth-order valence-corrected chi connectivity index (χ4v) is 2.13. The van der Waals surface area contributed by atoms with E-state index in [9.17, 15) is 9.90 Å². The molecule has 0 heterocycles. The SMILES string of the molecule is COC1=C(c2ccccc2)CC(Cl)(C(=O)O)C=C1. The number of rotatable bonds is 3. The van der Waals surface area contributed by atoms with Gasteiger partial charge in [-0.3, -0.25) is 0 Å². The number of alkyl halides is 1. The van der Waals surface area contributed by atoms with Crippen LogP contribution in [0.3, 0.4) is 0 Å². The molecule has 0 saturated heterocycles. The molecule has 0 radical (unpaired) electrons. The van der Waals surface area contributed by atoms with Crippen LogP contribution in [0.2, 0.25) is 0 Å². The minimum atomic E-state index is -1.40. The molecule has 0 aromatic heterocycles. The van der Waals surface area contributed by atoms with Gasteiger partial charge in [-0.2, -0.15) is 0 Å². The monoisotopic (exact) mass is 264 g/mol. The van der Waals surface area contributed by atoms with Crippen molar-refractivity contribution in [2.45, 2.75) is 11.3 Å². The molecule has 3 nitrogen and oxygen atoms in total. The zero-order valence-corrected chi connectivity index (χ0v) is 10.6. The number of aliphatic carboxylic acids is 1. The van der Waals surface area contributed by atoms with E-state index in [1.165, 1.54) is 6.08 Å². The molecule has 0 amide bonds. The van der Waals surface area contributed by atoms with Crippen molar-refractivity contribution in [1.82, 2.24) is 0 Å². The van der Waals surface area contributed by atoms with Crippen LogP contribution in [0.1, 0.15) is 12.0 Å². The maximum atomic E-state index is 11.2. The molecule has 1 N–H and O–H groups in total. The zero-order chi connectivity index (χ0) is 13.2. The molecule has 4 heteroatoms. The first-order chi connectivity index (χ1) is 8.57. The van der Waals surface area contributed by atoms with Gasteiger partial charge in [0.15, 0.2) is 4.87 Å². The van der Waals surface area contributed by atoms with Crippen molar-refractivity contribution in [3.8, 4) is 0 Å². The van der Waals surface area contributed by atoms with Crippen LogP contribution in [0.4, 0.5) is 0 Å². The molecule has 0 bridgehead atoms. The molecule has 1 aliphatic carbocycles. The lowest BCUT2D eigenvalue weighted by Gasteiger charge is -2.25. The van der Waals surface area contributed by atoms with Crippen LogP contribution in [0.25, 0.3) is 5.57 Å². The van der Waals surface area contributed by atoms with Gasteiger partial charge < -0.3 is 9.84 Å². The van der Waals surface area contributed by atoms with E-state index in [1.807, 2.05) is 30.3 Å². The second kappa shape index (κ2) is 4.86. The number of carboxylic acid groups (broad SMARTS) is 1. The summed E-state index contributed by atoms with van der Waals surface area (Å²) in [6.07, 6.45) is 3.28. The first-order valence-electron chi connectivity index (χ1n) is 5.51. The number of carboxylic acids is 1. The smallest absolute Gasteiger partial charge is 0.329 e. The summed E-state index contributed by atoms with van der Waals surface area (Å²) in [5, 5.41) is 9.17. The summed E-state index contributed by atoms with van der Waals surface area (Å²) < 4.78 is 5.27. The van der Waals surface area contributed by atoms with Crippen molar-refractivity contribution in [1.29, 1.82) is 0 Å². The predicted molar refractivity (Wildman–Crippen MR) is 70.3 cm³/mol. The van der Waals surface area contributed by atoms with Crippen molar-refractivity contribution in [2.24, 2.45) is 0 Å².